The highest BCUT2D eigenvalue weighted by atomic mass is 35.5. The van der Waals surface area contributed by atoms with Crippen LogP contribution in [0.25, 0.3) is 0 Å². The molecule has 0 spiro atoms. The number of para-hydroxylation sites is 1. The molecule has 1 aliphatic rings. The molecule has 0 bridgehead atoms. The molecule has 1 heterocycles. The molecule has 3 rings (SSSR count). The molecule has 1 atom stereocenters. The van der Waals surface area contributed by atoms with E-state index in [-0.39, 0.29) is 23.4 Å². The van der Waals surface area contributed by atoms with Crippen molar-refractivity contribution in [3.63, 3.8) is 0 Å². The van der Waals surface area contributed by atoms with Gasteiger partial charge in [0.05, 0.1) is 11.6 Å². The van der Waals surface area contributed by atoms with Crippen molar-refractivity contribution in [2.45, 2.75) is 12.8 Å². The lowest BCUT2D eigenvalue weighted by atomic mass is 9.96. The second-order valence-electron chi connectivity index (χ2n) is 6.07. The molecule has 2 amide bonds. The average molecular weight is 361 g/mol. The lowest BCUT2D eigenvalue weighted by molar-refractivity contribution is -0.121. The minimum atomic E-state index is -0.472. The molecule has 4 nitrogen and oxygen atoms in total. The second kappa shape index (κ2) is 7.66. The Labute approximate surface area is 150 Å². The Morgan fingerprint density at radius 1 is 1.12 bits per heavy atom. The number of nitrogens with zero attached hydrogens (tertiary/aromatic N) is 1. The summed E-state index contributed by atoms with van der Waals surface area (Å²) in [7, 11) is 0. The van der Waals surface area contributed by atoms with Crippen molar-refractivity contribution in [3.05, 3.63) is 64.9 Å². The lowest BCUT2D eigenvalue weighted by Gasteiger charge is -2.32. The second-order valence-corrected chi connectivity index (χ2v) is 6.50. The van der Waals surface area contributed by atoms with E-state index in [0.29, 0.717) is 30.1 Å². The summed E-state index contributed by atoms with van der Waals surface area (Å²) < 4.78 is 13.7. The van der Waals surface area contributed by atoms with Crippen LogP contribution in [0.5, 0.6) is 0 Å². The van der Waals surface area contributed by atoms with Crippen LogP contribution in [0, 0.1) is 11.7 Å². The normalized spacial score (nSPS) is 17.2. The Morgan fingerprint density at radius 3 is 2.56 bits per heavy atom. The largest absolute Gasteiger partial charge is 0.338 e. The molecular weight excluding hydrogens is 343 g/mol. The minimum absolute atomic E-state index is 0.125. The number of hydrogen-bond acceptors (Lipinski definition) is 2. The van der Waals surface area contributed by atoms with Gasteiger partial charge in [0.1, 0.15) is 5.82 Å². The number of anilines is 1. The van der Waals surface area contributed by atoms with Gasteiger partial charge in [-0.1, -0.05) is 23.7 Å². The smallest absolute Gasteiger partial charge is 0.253 e. The number of piperidine rings is 1. The predicted octanol–water partition coefficient (Wildman–Crippen LogP) is 3.97. The van der Waals surface area contributed by atoms with Crippen molar-refractivity contribution < 1.29 is 14.0 Å². The molecule has 25 heavy (non-hydrogen) atoms. The first kappa shape index (κ1) is 17.4. The zero-order valence-corrected chi connectivity index (χ0v) is 14.3. The standard InChI is InChI=1S/C19H18ClFN2O2/c20-15-9-7-13(8-10-15)19(25)23-11-3-4-14(12-23)18(24)22-17-6-2-1-5-16(17)21/h1-2,5-10,14H,3-4,11-12H2,(H,22,24). The van der Waals surface area contributed by atoms with Crippen LogP contribution < -0.4 is 5.32 Å². The van der Waals surface area contributed by atoms with Gasteiger partial charge in [0.2, 0.25) is 5.91 Å². The molecule has 1 N–H and O–H groups in total. The van der Waals surface area contributed by atoms with Gasteiger partial charge in [-0.15, -0.1) is 0 Å². The molecule has 1 saturated heterocycles. The lowest BCUT2D eigenvalue weighted by Crippen LogP contribution is -2.43. The quantitative estimate of drug-likeness (QED) is 0.900. The molecule has 130 valence electrons. The van der Waals surface area contributed by atoms with E-state index in [9.17, 15) is 14.0 Å². The van der Waals surface area contributed by atoms with E-state index >= 15 is 0 Å². The van der Waals surface area contributed by atoms with Crippen molar-refractivity contribution in [1.29, 1.82) is 0 Å². The maximum Gasteiger partial charge on any atom is 0.253 e. The molecular formula is C19H18ClFN2O2. The van der Waals surface area contributed by atoms with Gasteiger partial charge in [0.15, 0.2) is 0 Å². The summed E-state index contributed by atoms with van der Waals surface area (Å²) in [6, 6.07) is 12.7. The number of carbonyl (C=O) groups is 2. The zero-order chi connectivity index (χ0) is 17.8. The van der Waals surface area contributed by atoms with E-state index in [4.69, 9.17) is 11.6 Å². The summed E-state index contributed by atoms with van der Waals surface area (Å²) in [4.78, 5) is 26.7. The molecule has 1 fully saturated rings. The first-order valence-electron chi connectivity index (χ1n) is 8.15. The molecule has 6 heteroatoms. The summed E-state index contributed by atoms with van der Waals surface area (Å²) in [5.41, 5.74) is 0.702. The number of carbonyl (C=O) groups excluding carboxylic acids is 2. The first-order valence-corrected chi connectivity index (χ1v) is 8.52. The Morgan fingerprint density at radius 2 is 1.84 bits per heavy atom. The summed E-state index contributed by atoms with van der Waals surface area (Å²) in [6.07, 6.45) is 1.40. The average Bonchev–Trinajstić information content (AvgIpc) is 2.64. The highest BCUT2D eigenvalue weighted by Gasteiger charge is 2.29. The molecule has 2 aromatic carbocycles. The molecule has 0 saturated carbocycles. The van der Waals surface area contributed by atoms with Crippen LogP contribution in [0.15, 0.2) is 48.5 Å². The third-order valence-electron chi connectivity index (χ3n) is 4.30. The van der Waals surface area contributed by atoms with E-state index in [1.165, 1.54) is 12.1 Å². The number of likely N-dealkylation sites (tertiary alicyclic amines) is 1. The van der Waals surface area contributed by atoms with Gasteiger partial charge in [-0.25, -0.2) is 4.39 Å². The van der Waals surface area contributed by atoms with Crippen LogP contribution >= 0.6 is 11.6 Å². The minimum Gasteiger partial charge on any atom is -0.338 e. The third kappa shape index (κ3) is 4.17. The van der Waals surface area contributed by atoms with E-state index in [0.717, 1.165) is 6.42 Å². The van der Waals surface area contributed by atoms with Gasteiger partial charge in [-0.2, -0.15) is 0 Å². The monoisotopic (exact) mass is 360 g/mol. The van der Waals surface area contributed by atoms with Crippen LogP contribution in [0.4, 0.5) is 10.1 Å². The van der Waals surface area contributed by atoms with Gasteiger partial charge in [0.25, 0.3) is 5.91 Å². The van der Waals surface area contributed by atoms with Gasteiger partial charge < -0.3 is 10.2 Å². The predicted molar refractivity (Wildman–Crippen MR) is 95.1 cm³/mol. The number of rotatable bonds is 3. The molecule has 0 aliphatic carbocycles. The fourth-order valence-electron chi connectivity index (χ4n) is 2.95. The van der Waals surface area contributed by atoms with E-state index in [1.807, 2.05) is 0 Å². The number of nitrogens with one attached hydrogen (secondary N) is 1. The number of halogens is 2. The van der Waals surface area contributed by atoms with E-state index < -0.39 is 5.82 Å². The fourth-order valence-corrected chi connectivity index (χ4v) is 3.07. The maximum atomic E-state index is 13.7. The molecule has 2 aromatic rings. The van der Waals surface area contributed by atoms with Crippen LogP contribution in [0.3, 0.4) is 0 Å². The van der Waals surface area contributed by atoms with Crippen LogP contribution in [0.2, 0.25) is 5.02 Å². The van der Waals surface area contributed by atoms with Crippen LogP contribution in [0.1, 0.15) is 23.2 Å². The molecule has 1 unspecified atom stereocenters. The zero-order valence-electron chi connectivity index (χ0n) is 13.5. The number of benzene rings is 2. The van der Waals surface area contributed by atoms with Crippen molar-refractivity contribution in [3.8, 4) is 0 Å². The number of hydrogen-bond donors (Lipinski definition) is 1. The topological polar surface area (TPSA) is 49.4 Å². The Kier molecular flexibility index (Phi) is 5.34. The Bertz CT molecular complexity index is 779. The molecule has 0 radical (unpaired) electrons. The first-order chi connectivity index (χ1) is 12.0. The maximum absolute atomic E-state index is 13.7. The van der Waals surface area contributed by atoms with E-state index in [2.05, 4.69) is 5.32 Å². The summed E-state index contributed by atoms with van der Waals surface area (Å²) in [5.74, 6) is -1.22. The summed E-state index contributed by atoms with van der Waals surface area (Å²) >= 11 is 5.85. The van der Waals surface area contributed by atoms with Crippen molar-refractivity contribution in [1.82, 2.24) is 4.90 Å². The van der Waals surface area contributed by atoms with Gasteiger partial charge >= 0.3 is 0 Å². The van der Waals surface area contributed by atoms with E-state index in [1.54, 1.807) is 41.3 Å². The SMILES string of the molecule is O=C(Nc1ccccc1F)C1CCCN(C(=O)c2ccc(Cl)cc2)C1. The van der Waals surface area contributed by atoms with Gasteiger partial charge in [-0.05, 0) is 49.2 Å². The number of amides is 2. The Hall–Kier alpha value is -2.40. The summed E-state index contributed by atoms with van der Waals surface area (Å²) in [6.45, 7) is 0.923. The Balaban J connectivity index is 1.66. The van der Waals surface area contributed by atoms with Crippen LogP contribution in [-0.2, 0) is 4.79 Å². The molecule has 0 aromatic heterocycles. The van der Waals surface area contributed by atoms with Gasteiger partial charge in [-0.3, -0.25) is 9.59 Å². The van der Waals surface area contributed by atoms with Crippen molar-refractivity contribution >= 4 is 29.1 Å². The van der Waals surface area contributed by atoms with Crippen molar-refractivity contribution in [2.75, 3.05) is 18.4 Å². The van der Waals surface area contributed by atoms with Crippen molar-refractivity contribution in [2.24, 2.45) is 5.92 Å². The fraction of sp³-hybridized carbons (Fsp3) is 0.263. The highest BCUT2D eigenvalue weighted by molar-refractivity contribution is 6.30. The summed E-state index contributed by atoms with van der Waals surface area (Å²) in [5, 5.41) is 3.18. The third-order valence-corrected chi connectivity index (χ3v) is 4.55. The molecule has 1 aliphatic heterocycles. The highest BCUT2D eigenvalue weighted by Crippen LogP contribution is 2.22. The van der Waals surface area contributed by atoms with Crippen LogP contribution in [-0.4, -0.2) is 29.8 Å². The van der Waals surface area contributed by atoms with Gasteiger partial charge in [0, 0.05) is 23.7 Å².